The van der Waals surface area contributed by atoms with Crippen molar-refractivity contribution in [2.75, 3.05) is 11.5 Å². The van der Waals surface area contributed by atoms with Crippen molar-refractivity contribution in [2.45, 2.75) is 32.4 Å². The van der Waals surface area contributed by atoms with Gasteiger partial charge in [0, 0.05) is 11.7 Å². The van der Waals surface area contributed by atoms with Crippen LogP contribution in [0.15, 0.2) is 48.5 Å². The molecule has 0 radical (unpaired) electrons. The molecule has 0 aromatic heterocycles. The van der Waals surface area contributed by atoms with Crippen LogP contribution >= 0.6 is 0 Å². The van der Waals surface area contributed by atoms with E-state index < -0.39 is 5.97 Å². The van der Waals surface area contributed by atoms with Gasteiger partial charge in [0.05, 0.1) is 12.2 Å². The zero-order valence-corrected chi connectivity index (χ0v) is 14.1. The standard InChI is InChI=1S/C20H21NO4/c1-14-6-9-16-4-2-3-5-18(16)21(14)19(23)13-25-20(24)17-10-7-15(12-22)8-11-17/h2-5,7-8,10-11,14,22H,6,9,12-13H2,1H3/t14-/m1/s1. The van der Waals surface area contributed by atoms with E-state index in [0.717, 1.165) is 24.1 Å². The van der Waals surface area contributed by atoms with Crippen molar-refractivity contribution >= 4 is 17.6 Å². The fourth-order valence-electron chi connectivity index (χ4n) is 3.09. The Morgan fingerprint density at radius 2 is 1.88 bits per heavy atom. The maximum atomic E-state index is 12.6. The van der Waals surface area contributed by atoms with Crippen molar-refractivity contribution in [1.29, 1.82) is 0 Å². The third kappa shape index (κ3) is 3.72. The molecule has 2 aromatic rings. The first-order valence-corrected chi connectivity index (χ1v) is 8.37. The van der Waals surface area contributed by atoms with E-state index in [0.29, 0.717) is 11.1 Å². The molecule has 0 spiro atoms. The summed E-state index contributed by atoms with van der Waals surface area (Å²) >= 11 is 0. The second kappa shape index (κ2) is 7.49. The van der Waals surface area contributed by atoms with Crippen molar-refractivity contribution in [3.8, 4) is 0 Å². The van der Waals surface area contributed by atoms with Gasteiger partial charge in [-0.1, -0.05) is 30.3 Å². The number of rotatable bonds is 4. The van der Waals surface area contributed by atoms with Gasteiger partial charge in [0.15, 0.2) is 6.61 Å². The molecule has 5 heteroatoms. The Labute approximate surface area is 146 Å². The fraction of sp³-hybridized carbons (Fsp3) is 0.300. The Kier molecular flexibility index (Phi) is 5.14. The van der Waals surface area contributed by atoms with Crippen LogP contribution < -0.4 is 4.90 Å². The topological polar surface area (TPSA) is 66.8 Å². The number of fused-ring (bicyclic) bond motifs is 1. The Hall–Kier alpha value is -2.66. The summed E-state index contributed by atoms with van der Waals surface area (Å²) in [5, 5.41) is 9.03. The number of para-hydroxylation sites is 1. The molecule has 1 heterocycles. The molecule has 1 amide bonds. The number of anilines is 1. The predicted molar refractivity (Wildman–Crippen MR) is 94.4 cm³/mol. The first-order valence-electron chi connectivity index (χ1n) is 8.37. The Morgan fingerprint density at radius 3 is 2.60 bits per heavy atom. The molecule has 1 aliphatic rings. The molecule has 0 unspecified atom stereocenters. The monoisotopic (exact) mass is 339 g/mol. The van der Waals surface area contributed by atoms with Gasteiger partial charge in [-0.15, -0.1) is 0 Å². The molecule has 2 aromatic carbocycles. The Morgan fingerprint density at radius 1 is 1.16 bits per heavy atom. The van der Waals surface area contributed by atoms with Gasteiger partial charge in [-0.25, -0.2) is 4.79 Å². The SMILES string of the molecule is C[C@@H]1CCc2ccccc2N1C(=O)COC(=O)c1ccc(CO)cc1. The highest BCUT2D eigenvalue weighted by atomic mass is 16.5. The third-order valence-electron chi connectivity index (χ3n) is 4.49. The molecule has 5 nitrogen and oxygen atoms in total. The maximum absolute atomic E-state index is 12.6. The van der Waals surface area contributed by atoms with E-state index in [1.165, 1.54) is 0 Å². The second-order valence-electron chi connectivity index (χ2n) is 6.21. The first kappa shape index (κ1) is 17.2. The van der Waals surface area contributed by atoms with Crippen LogP contribution in [0.2, 0.25) is 0 Å². The summed E-state index contributed by atoms with van der Waals surface area (Å²) in [5.74, 6) is -0.768. The number of carbonyl (C=O) groups is 2. The van der Waals surface area contributed by atoms with E-state index in [1.807, 2.05) is 31.2 Å². The molecule has 0 fully saturated rings. The number of hydrogen-bond donors (Lipinski definition) is 1. The van der Waals surface area contributed by atoms with Gasteiger partial charge in [-0.2, -0.15) is 0 Å². The number of hydrogen-bond acceptors (Lipinski definition) is 4. The quantitative estimate of drug-likeness (QED) is 0.870. The molecule has 25 heavy (non-hydrogen) atoms. The largest absolute Gasteiger partial charge is 0.452 e. The number of carbonyl (C=O) groups excluding carboxylic acids is 2. The summed E-state index contributed by atoms with van der Waals surface area (Å²) in [5.41, 5.74) is 3.11. The van der Waals surface area contributed by atoms with Crippen LogP contribution in [-0.4, -0.2) is 29.6 Å². The van der Waals surface area contributed by atoms with E-state index in [1.54, 1.807) is 29.2 Å². The minimum atomic E-state index is -0.546. The lowest BCUT2D eigenvalue weighted by molar-refractivity contribution is -0.122. The van der Waals surface area contributed by atoms with E-state index in [9.17, 15) is 9.59 Å². The maximum Gasteiger partial charge on any atom is 0.338 e. The number of aliphatic hydroxyl groups is 1. The summed E-state index contributed by atoms with van der Waals surface area (Å²) in [6, 6.07) is 14.4. The molecule has 0 bridgehead atoms. The molecular formula is C20H21NO4. The van der Waals surface area contributed by atoms with Gasteiger partial charge in [0.25, 0.3) is 5.91 Å². The van der Waals surface area contributed by atoms with Crippen LogP contribution in [0.1, 0.15) is 34.8 Å². The molecule has 0 saturated heterocycles. The zero-order chi connectivity index (χ0) is 17.8. The molecule has 1 atom stereocenters. The van der Waals surface area contributed by atoms with Crippen LogP contribution in [0.4, 0.5) is 5.69 Å². The predicted octanol–water partition coefficient (Wildman–Crippen LogP) is 2.70. The van der Waals surface area contributed by atoms with Gasteiger partial charge >= 0.3 is 5.97 Å². The number of aliphatic hydroxyl groups excluding tert-OH is 1. The van der Waals surface area contributed by atoms with Gasteiger partial charge in [0.2, 0.25) is 0 Å². The summed E-state index contributed by atoms with van der Waals surface area (Å²) in [4.78, 5) is 26.4. The highest BCUT2D eigenvalue weighted by Gasteiger charge is 2.28. The molecular weight excluding hydrogens is 318 g/mol. The Bertz CT molecular complexity index is 770. The van der Waals surface area contributed by atoms with Crippen LogP contribution in [0.5, 0.6) is 0 Å². The highest BCUT2D eigenvalue weighted by Crippen LogP contribution is 2.30. The minimum Gasteiger partial charge on any atom is -0.452 e. The number of esters is 1. The number of amides is 1. The number of aryl methyl sites for hydroxylation is 1. The van der Waals surface area contributed by atoms with Gasteiger partial charge in [-0.3, -0.25) is 4.79 Å². The third-order valence-corrected chi connectivity index (χ3v) is 4.49. The van der Waals surface area contributed by atoms with E-state index in [2.05, 4.69) is 0 Å². The lowest BCUT2D eigenvalue weighted by atomic mass is 9.96. The van der Waals surface area contributed by atoms with Gasteiger partial charge in [0.1, 0.15) is 0 Å². The Balaban J connectivity index is 1.67. The number of ether oxygens (including phenoxy) is 1. The van der Waals surface area contributed by atoms with Crippen LogP contribution in [0.3, 0.4) is 0 Å². The van der Waals surface area contributed by atoms with Crippen molar-refractivity contribution < 1.29 is 19.4 Å². The average molecular weight is 339 g/mol. The number of benzene rings is 2. The van der Waals surface area contributed by atoms with Crippen molar-refractivity contribution in [1.82, 2.24) is 0 Å². The summed E-state index contributed by atoms with van der Waals surface area (Å²) < 4.78 is 5.19. The lowest BCUT2D eigenvalue weighted by Gasteiger charge is -2.35. The molecule has 1 N–H and O–H groups in total. The summed E-state index contributed by atoms with van der Waals surface area (Å²) in [6.45, 7) is 1.63. The molecule has 0 saturated carbocycles. The van der Waals surface area contributed by atoms with Crippen LogP contribution in [-0.2, 0) is 22.6 Å². The van der Waals surface area contributed by atoms with E-state index in [4.69, 9.17) is 9.84 Å². The molecule has 0 aliphatic carbocycles. The average Bonchev–Trinajstić information content (AvgIpc) is 2.65. The normalized spacial score (nSPS) is 16.2. The zero-order valence-electron chi connectivity index (χ0n) is 14.1. The van der Waals surface area contributed by atoms with Crippen LogP contribution in [0, 0.1) is 0 Å². The van der Waals surface area contributed by atoms with Crippen LogP contribution in [0.25, 0.3) is 0 Å². The van der Waals surface area contributed by atoms with E-state index in [-0.39, 0.29) is 25.2 Å². The first-order chi connectivity index (χ1) is 12.1. The van der Waals surface area contributed by atoms with Gasteiger partial charge < -0.3 is 14.7 Å². The van der Waals surface area contributed by atoms with E-state index >= 15 is 0 Å². The molecule has 130 valence electrons. The summed E-state index contributed by atoms with van der Waals surface area (Å²) in [6.07, 6.45) is 1.83. The number of nitrogens with zero attached hydrogens (tertiary/aromatic N) is 1. The smallest absolute Gasteiger partial charge is 0.338 e. The van der Waals surface area contributed by atoms with Gasteiger partial charge in [-0.05, 0) is 49.1 Å². The fourth-order valence-corrected chi connectivity index (χ4v) is 3.09. The minimum absolute atomic E-state index is 0.0740. The lowest BCUT2D eigenvalue weighted by Crippen LogP contribution is -2.44. The highest BCUT2D eigenvalue weighted by molar-refractivity contribution is 5.98. The van der Waals surface area contributed by atoms with Crippen molar-refractivity contribution in [3.05, 3.63) is 65.2 Å². The summed E-state index contributed by atoms with van der Waals surface area (Å²) in [7, 11) is 0. The van der Waals surface area contributed by atoms with Crippen molar-refractivity contribution in [2.24, 2.45) is 0 Å². The van der Waals surface area contributed by atoms with Crippen molar-refractivity contribution in [3.63, 3.8) is 0 Å². The molecule has 1 aliphatic heterocycles. The molecule has 3 rings (SSSR count). The second-order valence-corrected chi connectivity index (χ2v) is 6.21.